The fourth-order valence-corrected chi connectivity index (χ4v) is 1.77. The third-order valence-corrected chi connectivity index (χ3v) is 2.55. The van der Waals surface area contributed by atoms with Crippen LogP contribution in [0.4, 0.5) is 0 Å². The number of rotatable bonds is 2. The van der Waals surface area contributed by atoms with Gasteiger partial charge in [-0.15, -0.1) is 0 Å². The van der Waals surface area contributed by atoms with E-state index in [1.54, 1.807) is 5.57 Å². The lowest BCUT2D eigenvalue weighted by Crippen LogP contribution is -1.93. The summed E-state index contributed by atoms with van der Waals surface area (Å²) in [4.78, 5) is 0. The first kappa shape index (κ1) is 8.58. The van der Waals surface area contributed by atoms with E-state index in [2.05, 4.69) is 32.1 Å². The van der Waals surface area contributed by atoms with Crippen LogP contribution >= 0.6 is 0 Å². The molecule has 0 aliphatic heterocycles. The second-order valence-electron chi connectivity index (χ2n) is 3.42. The van der Waals surface area contributed by atoms with Crippen molar-refractivity contribution in [3.05, 3.63) is 23.8 Å². The van der Waals surface area contributed by atoms with Gasteiger partial charge in [0.15, 0.2) is 0 Å². The predicted octanol–water partition coefficient (Wildman–Crippen LogP) is 3.70. The molecule has 0 saturated heterocycles. The summed E-state index contributed by atoms with van der Waals surface area (Å²) >= 11 is 0. The van der Waals surface area contributed by atoms with E-state index in [0.29, 0.717) is 0 Å². The van der Waals surface area contributed by atoms with Crippen molar-refractivity contribution in [1.82, 2.24) is 0 Å². The van der Waals surface area contributed by atoms with Gasteiger partial charge in [0.2, 0.25) is 0 Å². The first-order valence-electron chi connectivity index (χ1n) is 4.64. The molecule has 0 unspecified atom stereocenters. The summed E-state index contributed by atoms with van der Waals surface area (Å²) in [5.74, 6) is 0.895. The molecule has 0 bridgehead atoms. The molecular weight excluding hydrogens is 132 g/mol. The van der Waals surface area contributed by atoms with E-state index in [1.165, 1.54) is 25.7 Å². The molecule has 1 aliphatic carbocycles. The maximum absolute atomic E-state index is 2.26. The van der Waals surface area contributed by atoms with Gasteiger partial charge in [-0.2, -0.15) is 0 Å². The molecule has 0 radical (unpaired) electrons. The van der Waals surface area contributed by atoms with Crippen LogP contribution in [0, 0.1) is 5.92 Å². The highest BCUT2D eigenvalue weighted by molar-refractivity contribution is 5.13. The summed E-state index contributed by atoms with van der Waals surface area (Å²) in [7, 11) is 0. The second-order valence-corrected chi connectivity index (χ2v) is 3.42. The molecule has 0 spiro atoms. The zero-order valence-corrected chi connectivity index (χ0v) is 7.64. The molecule has 0 amide bonds. The molecule has 1 saturated carbocycles. The lowest BCUT2D eigenvalue weighted by molar-refractivity contribution is 0.643. The van der Waals surface area contributed by atoms with Gasteiger partial charge in [-0.25, -0.2) is 0 Å². The Bertz CT molecular complexity index is 157. The molecule has 0 aromatic heterocycles. The van der Waals surface area contributed by atoms with Crippen LogP contribution in [0.3, 0.4) is 0 Å². The van der Waals surface area contributed by atoms with Crippen molar-refractivity contribution >= 4 is 0 Å². The summed E-state index contributed by atoms with van der Waals surface area (Å²) in [6.07, 6.45) is 12.2. The third kappa shape index (κ3) is 2.53. The summed E-state index contributed by atoms with van der Waals surface area (Å²) in [5.41, 5.74) is 1.57. The van der Waals surface area contributed by atoms with Gasteiger partial charge in [0.05, 0.1) is 0 Å². The monoisotopic (exact) mass is 150 g/mol. The van der Waals surface area contributed by atoms with Gasteiger partial charge >= 0.3 is 0 Å². The Balaban J connectivity index is 2.44. The van der Waals surface area contributed by atoms with Gasteiger partial charge in [-0.3, -0.25) is 0 Å². The van der Waals surface area contributed by atoms with Crippen LogP contribution in [0.1, 0.15) is 39.5 Å². The van der Waals surface area contributed by atoms with Crippen LogP contribution in [0.2, 0.25) is 0 Å². The Morgan fingerprint density at radius 1 is 1.27 bits per heavy atom. The molecule has 0 heterocycles. The average Bonchev–Trinajstić information content (AvgIpc) is 2.52. The van der Waals surface area contributed by atoms with Crippen LogP contribution in [0.5, 0.6) is 0 Å². The smallest absolute Gasteiger partial charge is 0.0203 e. The Hall–Kier alpha value is -0.520. The van der Waals surface area contributed by atoms with E-state index >= 15 is 0 Å². The zero-order valence-electron chi connectivity index (χ0n) is 7.64. The van der Waals surface area contributed by atoms with Crippen molar-refractivity contribution < 1.29 is 0 Å². The second kappa shape index (κ2) is 4.38. The first-order valence-corrected chi connectivity index (χ1v) is 4.64. The molecule has 11 heavy (non-hydrogen) atoms. The molecule has 1 aliphatic rings. The Morgan fingerprint density at radius 3 is 2.45 bits per heavy atom. The molecule has 0 aromatic carbocycles. The summed E-state index contributed by atoms with van der Waals surface area (Å²) in [6, 6.07) is 0. The van der Waals surface area contributed by atoms with Crippen molar-refractivity contribution in [2.45, 2.75) is 39.5 Å². The minimum atomic E-state index is 0.895. The van der Waals surface area contributed by atoms with Crippen molar-refractivity contribution in [2.75, 3.05) is 0 Å². The topological polar surface area (TPSA) is 0 Å². The normalized spacial score (nSPS) is 21.8. The van der Waals surface area contributed by atoms with Crippen LogP contribution in [-0.2, 0) is 0 Å². The molecule has 0 heteroatoms. The molecule has 0 atom stereocenters. The quantitative estimate of drug-likeness (QED) is 0.526. The van der Waals surface area contributed by atoms with E-state index in [9.17, 15) is 0 Å². The van der Waals surface area contributed by atoms with E-state index in [1.807, 2.05) is 0 Å². The van der Waals surface area contributed by atoms with E-state index in [4.69, 9.17) is 0 Å². The average molecular weight is 150 g/mol. The fourth-order valence-electron chi connectivity index (χ4n) is 1.77. The maximum Gasteiger partial charge on any atom is -0.0203 e. The molecule has 62 valence electrons. The first-order chi connectivity index (χ1) is 5.34. The van der Waals surface area contributed by atoms with Crippen molar-refractivity contribution in [2.24, 2.45) is 5.92 Å². The van der Waals surface area contributed by atoms with Crippen molar-refractivity contribution in [3.63, 3.8) is 0 Å². The minimum absolute atomic E-state index is 0.895. The molecule has 0 nitrogen and oxygen atoms in total. The van der Waals surface area contributed by atoms with Crippen LogP contribution in [0.25, 0.3) is 0 Å². The van der Waals surface area contributed by atoms with E-state index in [0.717, 1.165) is 5.92 Å². The summed E-state index contributed by atoms with van der Waals surface area (Å²) in [6.45, 7) is 4.33. The highest BCUT2D eigenvalue weighted by Gasteiger charge is 2.15. The summed E-state index contributed by atoms with van der Waals surface area (Å²) < 4.78 is 0. The third-order valence-electron chi connectivity index (χ3n) is 2.55. The van der Waals surface area contributed by atoms with E-state index in [-0.39, 0.29) is 0 Å². The highest BCUT2D eigenvalue weighted by Crippen LogP contribution is 2.30. The Kier molecular flexibility index (Phi) is 3.41. The van der Waals surface area contributed by atoms with Crippen molar-refractivity contribution in [3.8, 4) is 0 Å². The SMILES string of the molecule is C/C=C\C=C(/C)C1CCCC1. The van der Waals surface area contributed by atoms with Gasteiger partial charge in [0.1, 0.15) is 0 Å². The lowest BCUT2D eigenvalue weighted by Gasteiger charge is -2.07. The Labute approximate surface area is 70.0 Å². The predicted molar refractivity (Wildman–Crippen MR) is 50.5 cm³/mol. The molecule has 1 fully saturated rings. The lowest BCUT2D eigenvalue weighted by atomic mass is 9.99. The molecule has 0 aromatic rings. The number of hydrogen-bond acceptors (Lipinski definition) is 0. The summed E-state index contributed by atoms with van der Waals surface area (Å²) in [5, 5.41) is 0. The van der Waals surface area contributed by atoms with Crippen LogP contribution in [0.15, 0.2) is 23.8 Å². The number of hydrogen-bond donors (Lipinski definition) is 0. The van der Waals surface area contributed by atoms with Gasteiger partial charge in [-0.05, 0) is 32.6 Å². The molecule has 0 N–H and O–H groups in total. The highest BCUT2D eigenvalue weighted by atomic mass is 14.2. The minimum Gasteiger partial charge on any atom is -0.0877 e. The largest absolute Gasteiger partial charge is 0.0877 e. The van der Waals surface area contributed by atoms with Crippen molar-refractivity contribution in [1.29, 1.82) is 0 Å². The van der Waals surface area contributed by atoms with Gasteiger partial charge in [0.25, 0.3) is 0 Å². The fraction of sp³-hybridized carbons (Fsp3) is 0.636. The maximum atomic E-state index is 2.26. The standard InChI is InChI=1S/C11H18/c1-3-4-7-10(2)11-8-5-6-9-11/h3-4,7,11H,5-6,8-9H2,1-2H3/b4-3-,10-7+. The number of allylic oxidation sites excluding steroid dienone is 4. The van der Waals surface area contributed by atoms with Gasteiger partial charge in [0, 0.05) is 0 Å². The Morgan fingerprint density at radius 2 is 1.91 bits per heavy atom. The molecular formula is C11H18. The van der Waals surface area contributed by atoms with Gasteiger partial charge in [-0.1, -0.05) is 36.6 Å². The van der Waals surface area contributed by atoms with Crippen LogP contribution < -0.4 is 0 Å². The molecule has 1 rings (SSSR count). The zero-order chi connectivity index (χ0) is 8.10. The van der Waals surface area contributed by atoms with E-state index < -0.39 is 0 Å². The van der Waals surface area contributed by atoms with Crippen LogP contribution in [-0.4, -0.2) is 0 Å². The van der Waals surface area contributed by atoms with Gasteiger partial charge < -0.3 is 0 Å².